The Labute approximate surface area is 136 Å². The van der Waals surface area contributed by atoms with Gasteiger partial charge in [-0.05, 0) is 25.0 Å². The average molecular weight is 321 g/mol. The molecule has 118 valence electrons. The third kappa shape index (κ3) is 4.78. The average Bonchev–Trinajstić information content (AvgIpc) is 2.53. The van der Waals surface area contributed by atoms with Crippen LogP contribution in [0.15, 0.2) is 24.3 Å². The lowest BCUT2D eigenvalue weighted by Crippen LogP contribution is -2.47. The van der Waals surface area contributed by atoms with E-state index in [1.54, 1.807) is 24.3 Å². The fourth-order valence-electron chi connectivity index (χ4n) is 2.03. The number of rotatable bonds is 7. The molecule has 0 saturated carbocycles. The van der Waals surface area contributed by atoms with Gasteiger partial charge in [0.15, 0.2) is 0 Å². The Morgan fingerprint density at radius 2 is 1.91 bits per heavy atom. The largest absolute Gasteiger partial charge is 0.351 e. The second-order valence-corrected chi connectivity index (χ2v) is 5.37. The summed E-state index contributed by atoms with van der Waals surface area (Å²) in [5, 5.41) is 5.91. The number of carbonyl (C=O) groups excluding carboxylic acids is 2. The zero-order chi connectivity index (χ0) is 16.6. The number of benzene rings is 1. The van der Waals surface area contributed by atoms with Crippen LogP contribution in [0, 0.1) is 12.3 Å². The maximum atomic E-state index is 11.9. The van der Waals surface area contributed by atoms with Gasteiger partial charge in [0.05, 0.1) is 10.6 Å². The summed E-state index contributed by atoms with van der Waals surface area (Å²) in [6.07, 6.45) is 6.99. The summed E-state index contributed by atoms with van der Waals surface area (Å²) in [4.78, 5) is 23.9. The van der Waals surface area contributed by atoms with Crippen molar-refractivity contribution in [2.75, 3.05) is 6.54 Å². The predicted molar refractivity (Wildman–Crippen MR) is 88.7 cm³/mol. The SMILES string of the molecule is C#CC(CC)(CC)NC(=O)CCNC(=O)c1ccccc1Cl. The van der Waals surface area contributed by atoms with Crippen molar-refractivity contribution >= 4 is 23.4 Å². The van der Waals surface area contributed by atoms with E-state index < -0.39 is 5.54 Å². The highest BCUT2D eigenvalue weighted by atomic mass is 35.5. The number of carbonyl (C=O) groups is 2. The monoisotopic (exact) mass is 320 g/mol. The number of halogens is 1. The summed E-state index contributed by atoms with van der Waals surface area (Å²) in [6, 6.07) is 6.76. The second-order valence-electron chi connectivity index (χ2n) is 4.97. The second kappa shape index (κ2) is 8.45. The van der Waals surface area contributed by atoms with Crippen LogP contribution < -0.4 is 10.6 Å². The first-order valence-corrected chi connectivity index (χ1v) is 7.67. The van der Waals surface area contributed by atoms with E-state index in [1.165, 1.54) is 0 Å². The van der Waals surface area contributed by atoms with E-state index in [0.29, 0.717) is 23.4 Å². The van der Waals surface area contributed by atoms with Gasteiger partial charge in [-0.2, -0.15) is 0 Å². The van der Waals surface area contributed by atoms with Gasteiger partial charge in [-0.1, -0.05) is 43.5 Å². The van der Waals surface area contributed by atoms with Crippen LogP contribution in [0.1, 0.15) is 43.5 Å². The van der Waals surface area contributed by atoms with Crippen molar-refractivity contribution in [2.45, 2.75) is 38.6 Å². The topological polar surface area (TPSA) is 58.2 Å². The van der Waals surface area contributed by atoms with E-state index in [0.717, 1.165) is 0 Å². The third-order valence-electron chi connectivity index (χ3n) is 3.62. The smallest absolute Gasteiger partial charge is 0.252 e. The molecule has 1 aromatic rings. The summed E-state index contributed by atoms with van der Waals surface area (Å²) in [7, 11) is 0. The molecule has 0 heterocycles. The molecule has 0 bridgehead atoms. The first-order chi connectivity index (χ1) is 10.5. The molecule has 1 aromatic carbocycles. The summed E-state index contributed by atoms with van der Waals surface area (Å²) in [5.41, 5.74) is -0.214. The van der Waals surface area contributed by atoms with E-state index in [2.05, 4.69) is 16.6 Å². The van der Waals surface area contributed by atoms with Gasteiger partial charge in [0, 0.05) is 13.0 Å². The van der Waals surface area contributed by atoms with Crippen LogP contribution in [0.4, 0.5) is 0 Å². The molecule has 22 heavy (non-hydrogen) atoms. The summed E-state index contributed by atoms with van der Waals surface area (Å²) in [6.45, 7) is 4.09. The van der Waals surface area contributed by atoms with Crippen molar-refractivity contribution in [3.63, 3.8) is 0 Å². The van der Waals surface area contributed by atoms with E-state index in [-0.39, 0.29) is 24.8 Å². The highest BCUT2D eigenvalue weighted by Crippen LogP contribution is 2.15. The molecule has 1 rings (SSSR count). The lowest BCUT2D eigenvalue weighted by atomic mass is 9.94. The molecule has 0 aliphatic rings. The van der Waals surface area contributed by atoms with Gasteiger partial charge in [-0.25, -0.2) is 0 Å². The normalized spacial score (nSPS) is 10.6. The van der Waals surface area contributed by atoms with E-state index in [9.17, 15) is 9.59 Å². The lowest BCUT2D eigenvalue weighted by Gasteiger charge is -2.27. The van der Waals surface area contributed by atoms with Crippen LogP contribution >= 0.6 is 11.6 Å². The Balaban J connectivity index is 2.48. The van der Waals surface area contributed by atoms with Gasteiger partial charge in [-0.3, -0.25) is 9.59 Å². The van der Waals surface area contributed by atoms with Crippen LogP contribution in [-0.4, -0.2) is 23.9 Å². The number of hydrogen-bond donors (Lipinski definition) is 2. The van der Waals surface area contributed by atoms with Crippen molar-refractivity contribution in [3.05, 3.63) is 34.9 Å². The molecule has 5 heteroatoms. The molecule has 2 N–H and O–H groups in total. The maximum absolute atomic E-state index is 11.9. The van der Waals surface area contributed by atoms with Gasteiger partial charge in [-0.15, -0.1) is 6.42 Å². The maximum Gasteiger partial charge on any atom is 0.252 e. The van der Waals surface area contributed by atoms with Gasteiger partial charge < -0.3 is 10.6 Å². The first kappa shape index (κ1) is 18.1. The Bertz CT molecular complexity index is 574. The molecule has 0 radical (unpaired) electrons. The Kier molecular flexibility index (Phi) is 6.94. The first-order valence-electron chi connectivity index (χ1n) is 7.29. The van der Waals surface area contributed by atoms with Crippen LogP contribution in [0.5, 0.6) is 0 Å². The van der Waals surface area contributed by atoms with Crippen molar-refractivity contribution in [3.8, 4) is 12.3 Å². The Hall–Kier alpha value is -1.99. The fourth-order valence-corrected chi connectivity index (χ4v) is 2.25. The molecule has 0 saturated heterocycles. The molecule has 0 unspecified atom stereocenters. The van der Waals surface area contributed by atoms with Gasteiger partial charge in [0.25, 0.3) is 5.91 Å². The zero-order valence-corrected chi connectivity index (χ0v) is 13.7. The Morgan fingerprint density at radius 1 is 1.27 bits per heavy atom. The molecule has 0 aromatic heterocycles. The van der Waals surface area contributed by atoms with E-state index in [1.807, 2.05) is 13.8 Å². The minimum atomic E-state index is -0.607. The molecule has 2 amide bonds. The highest BCUT2D eigenvalue weighted by Gasteiger charge is 2.24. The van der Waals surface area contributed by atoms with Crippen molar-refractivity contribution < 1.29 is 9.59 Å². The fraction of sp³-hybridized carbons (Fsp3) is 0.412. The molecule has 0 spiro atoms. The Morgan fingerprint density at radius 3 is 2.45 bits per heavy atom. The molecule has 0 aliphatic heterocycles. The molecule has 0 atom stereocenters. The van der Waals surface area contributed by atoms with Crippen LogP contribution in [0.25, 0.3) is 0 Å². The van der Waals surface area contributed by atoms with Gasteiger partial charge in [0.2, 0.25) is 5.91 Å². The van der Waals surface area contributed by atoms with Crippen LogP contribution in [0.2, 0.25) is 5.02 Å². The molecular weight excluding hydrogens is 300 g/mol. The standard InChI is InChI=1S/C17H21ClN2O2/c1-4-17(5-2,6-3)20-15(21)11-12-19-16(22)13-9-7-8-10-14(13)18/h1,7-10H,5-6,11-12H2,2-3H3,(H,19,22)(H,20,21). The minimum absolute atomic E-state index is 0.166. The number of nitrogens with one attached hydrogen (secondary N) is 2. The predicted octanol–water partition coefficient (Wildman–Crippen LogP) is 2.77. The lowest BCUT2D eigenvalue weighted by molar-refractivity contribution is -0.122. The number of hydrogen-bond acceptors (Lipinski definition) is 2. The highest BCUT2D eigenvalue weighted by molar-refractivity contribution is 6.33. The van der Waals surface area contributed by atoms with E-state index >= 15 is 0 Å². The summed E-state index contributed by atoms with van der Waals surface area (Å²) < 4.78 is 0. The molecule has 4 nitrogen and oxygen atoms in total. The van der Waals surface area contributed by atoms with Crippen molar-refractivity contribution in [1.82, 2.24) is 10.6 Å². The third-order valence-corrected chi connectivity index (χ3v) is 3.95. The summed E-state index contributed by atoms with van der Waals surface area (Å²) in [5.74, 6) is 2.16. The minimum Gasteiger partial charge on any atom is -0.351 e. The van der Waals surface area contributed by atoms with Crippen LogP contribution in [0.3, 0.4) is 0 Å². The van der Waals surface area contributed by atoms with Crippen LogP contribution in [-0.2, 0) is 4.79 Å². The number of terminal acetylenes is 1. The molecule has 0 fully saturated rings. The molecule has 0 aliphatic carbocycles. The van der Waals surface area contributed by atoms with Gasteiger partial charge >= 0.3 is 0 Å². The zero-order valence-electron chi connectivity index (χ0n) is 12.9. The number of amides is 2. The quantitative estimate of drug-likeness (QED) is 0.759. The summed E-state index contributed by atoms with van der Waals surface area (Å²) >= 11 is 5.94. The van der Waals surface area contributed by atoms with E-state index in [4.69, 9.17) is 18.0 Å². The molecular formula is C17H21ClN2O2. The van der Waals surface area contributed by atoms with Gasteiger partial charge in [0.1, 0.15) is 5.54 Å². The van der Waals surface area contributed by atoms with Crippen molar-refractivity contribution in [1.29, 1.82) is 0 Å². The van der Waals surface area contributed by atoms with Crippen molar-refractivity contribution in [2.24, 2.45) is 0 Å².